The highest BCUT2D eigenvalue weighted by Gasteiger charge is 2.22. The highest BCUT2D eigenvalue weighted by atomic mass is 35.7. The van der Waals surface area contributed by atoms with Crippen molar-refractivity contribution in [1.82, 2.24) is 5.32 Å². The summed E-state index contributed by atoms with van der Waals surface area (Å²) in [5, 5.41) is 2.91. The molecule has 1 aromatic carbocycles. The van der Waals surface area contributed by atoms with Crippen molar-refractivity contribution in [2.24, 2.45) is 0 Å². The van der Waals surface area contributed by atoms with Crippen LogP contribution in [0.1, 0.15) is 56.5 Å². The van der Waals surface area contributed by atoms with Crippen molar-refractivity contribution in [3.8, 4) is 0 Å². The van der Waals surface area contributed by atoms with Gasteiger partial charge in [-0.1, -0.05) is 26.3 Å². The average molecular weight is 332 g/mol. The predicted octanol–water partition coefficient (Wildman–Crippen LogP) is 3.49. The van der Waals surface area contributed by atoms with E-state index < -0.39 is 9.05 Å². The lowest BCUT2D eigenvalue weighted by atomic mass is 9.98. The number of carbonyl (C=O) groups excluding carboxylic acids is 1. The molecule has 0 atom stereocenters. The third-order valence-electron chi connectivity index (χ3n) is 3.30. The first-order valence-corrected chi connectivity index (χ1v) is 9.31. The first-order chi connectivity index (χ1) is 9.60. The van der Waals surface area contributed by atoms with E-state index in [1.54, 1.807) is 12.1 Å². The van der Waals surface area contributed by atoms with Gasteiger partial charge in [-0.15, -0.1) is 0 Å². The van der Waals surface area contributed by atoms with E-state index in [9.17, 15) is 13.2 Å². The largest absolute Gasteiger partial charge is 0.347 e. The van der Waals surface area contributed by atoms with Gasteiger partial charge >= 0.3 is 0 Å². The summed E-state index contributed by atoms with van der Waals surface area (Å²) >= 11 is 0. The average Bonchev–Trinajstić information content (AvgIpc) is 2.36. The number of hydrogen-bond donors (Lipinski definition) is 1. The zero-order valence-corrected chi connectivity index (χ0v) is 14.4. The number of hydrogen-bond acceptors (Lipinski definition) is 3. The van der Waals surface area contributed by atoms with Gasteiger partial charge in [0.05, 0.1) is 4.90 Å². The fraction of sp³-hybridized carbons (Fsp3) is 0.533. The molecule has 1 rings (SSSR count). The maximum Gasteiger partial charge on any atom is 0.261 e. The SMILES string of the molecule is CCCC(C)(C)NC(=O)c1ccc(CC)c(S(=O)(=O)Cl)c1. The third kappa shape index (κ3) is 5.00. The molecule has 0 saturated heterocycles. The molecular weight excluding hydrogens is 310 g/mol. The minimum absolute atomic E-state index is 0.00705. The van der Waals surface area contributed by atoms with Crippen LogP contribution in [0.3, 0.4) is 0 Å². The van der Waals surface area contributed by atoms with Crippen molar-refractivity contribution in [2.45, 2.75) is 57.4 Å². The molecule has 1 aromatic rings. The number of halogens is 1. The smallest absolute Gasteiger partial charge is 0.261 e. The quantitative estimate of drug-likeness (QED) is 0.812. The molecule has 21 heavy (non-hydrogen) atoms. The fourth-order valence-electron chi connectivity index (χ4n) is 2.28. The molecule has 0 aliphatic heterocycles. The standard InChI is InChI=1S/C15H22ClNO3S/c1-5-9-15(3,4)17-14(18)12-8-7-11(6-2)13(10-12)21(16,19)20/h7-8,10H,5-6,9H2,1-4H3,(H,17,18). The number of carbonyl (C=O) groups is 1. The molecule has 0 aliphatic rings. The van der Waals surface area contributed by atoms with Gasteiger partial charge in [0.2, 0.25) is 0 Å². The molecule has 118 valence electrons. The number of aryl methyl sites for hydroxylation is 1. The van der Waals surface area contributed by atoms with E-state index in [-0.39, 0.29) is 16.3 Å². The Morgan fingerprint density at radius 1 is 1.29 bits per heavy atom. The Hall–Kier alpha value is -1.07. The molecule has 0 spiro atoms. The first kappa shape index (κ1) is 18.0. The Kier molecular flexibility index (Phi) is 5.82. The second-order valence-corrected chi connectivity index (χ2v) is 8.24. The van der Waals surface area contributed by atoms with Gasteiger partial charge in [0, 0.05) is 21.8 Å². The lowest BCUT2D eigenvalue weighted by molar-refractivity contribution is 0.0909. The van der Waals surface area contributed by atoms with Gasteiger partial charge < -0.3 is 5.32 Å². The van der Waals surface area contributed by atoms with Crippen LogP contribution < -0.4 is 5.32 Å². The Labute approximate surface area is 131 Å². The Morgan fingerprint density at radius 3 is 2.38 bits per heavy atom. The maximum atomic E-state index is 12.3. The molecular formula is C15H22ClNO3S. The summed E-state index contributed by atoms with van der Waals surface area (Å²) in [5.41, 5.74) is 0.569. The molecule has 0 bridgehead atoms. The molecule has 6 heteroatoms. The molecule has 4 nitrogen and oxygen atoms in total. The minimum atomic E-state index is -3.86. The van der Waals surface area contributed by atoms with Gasteiger partial charge in [0.15, 0.2) is 0 Å². The maximum absolute atomic E-state index is 12.3. The van der Waals surface area contributed by atoms with Crippen LogP contribution in [-0.4, -0.2) is 19.9 Å². The zero-order chi connectivity index (χ0) is 16.3. The van der Waals surface area contributed by atoms with Crippen LogP contribution in [0.15, 0.2) is 23.1 Å². The van der Waals surface area contributed by atoms with Crippen molar-refractivity contribution in [3.05, 3.63) is 29.3 Å². The van der Waals surface area contributed by atoms with Crippen LogP contribution in [0, 0.1) is 0 Å². The molecule has 0 saturated carbocycles. The van der Waals surface area contributed by atoms with Crippen LogP contribution in [0.2, 0.25) is 0 Å². The Bertz CT molecular complexity index is 624. The third-order valence-corrected chi connectivity index (χ3v) is 4.70. The van der Waals surface area contributed by atoms with E-state index in [1.807, 2.05) is 27.7 Å². The highest BCUT2D eigenvalue weighted by Crippen LogP contribution is 2.23. The van der Waals surface area contributed by atoms with Gasteiger partial charge in [0.1, 0.15) is 0 Å². The number of benzene rings is 1. The van der Waals surface area contributed by atoms with Gasteiger partial charge in [-0.25, -0.2) is 8.42 Å². The Balaban J connectivity index is 3.13. The molecule has 0 aromatic heterocycles. The van der Waals surface area contributed by atoms with Crippen LogP contribution >= 0.6 is 10.7 Å². The highest BCUT2D eigenvalue weighted by molar-refractivity contribution is 8.13. The van der Waals surface area contributed by atoms with Crippen molar-refractivity contribution >= 4 is 25.6 Å². The zero-order valence-electron chi connectivity index (χ0n) is 12.9. The molecule has 0 heterocycles. The van der Waals surface area contributed by atoms with E-state index in [4.69, 9.17) is 10.7 Å². The van der Waals surface area contributed by atoms with Crippen LogP contribution in [0.4, 0.5) is 0 Å². The molecule has 0 fully saturated rings. The van der Waals surface area contributed by atoms with E-state index in [0.29, 0.717) is 17.5 Å². The molecule has 1 N–H and O–H groups in total. The van der Waals surface area contributed by atoms with E-state index >= 15 is 0 Å². The minimum Gasteiger partial charge on any atom is -0.347 e. The molecule has 0 aliphatic carbocycles. The van der Waals surface area contributed by atoms with Crippen LogP contribution in [0.25, 0.3) is 0 Å². The summed E-state index contributed by atoms with van der Waals surface area (Å²) in [6.07, 6.45) is 2.32. The van der Waals surface area contributed by atoms with Gasteiger partial charge in [-0.05, 0) is 44.4 Å². The van der Waals surface area contributed by atoms with E-state index in [2.05, 4.69) is 5.32 Å². The first-order valence-electron chi connectivity index (χ1n) is 7.01. The Morgan fingerprint density at radius 2 is 1.90 bits per heavy atom. The summed E-state index contributed by atoms with van der Waals surface area (Å²) in [4.78, 5) is 12.3. The lowest BCUT2D eigenvalue weighted by Gasteiger charge is -2.26. The van der Waals surface area contributed by atoms with Gasteiger partial charge in [-0.3, -0.25) is 4.79 Å². The summed E-state index contributed by atoms with van der Waals surface area (Å²) < 4.78 is 23.2. The predicted molar refractivity (Wildman–Crippen MR) is 85.3 cm³/mol. The van der Waals surface area contributed by atoms with Gasteiger partial charge in [-0.2, -0.15) is 0 Å². The normalized spacial score (nSPS) is 12.2. The topological polar surface area (TPSA) is 63.2 Å². The van der Waals surface area contributed by atoms with Crippen LogP contribution in [-0.2, 0) is 15.5 Å². The summed E-state index contributed by atoms with van der Waals surface area (Å²) in [5.74, 6) is -0.294. The van der Waals surface area contributed by atoms with Crippen molar-refractivity contribution in [1.29, 1.82) is 0 Å². The second kappa shape index (κ2) is 6.79. The van der Waals surface area contributed by atoms with E-state index in [0.717, 1.165) is 12.8 Å². The van der Waals surface area contributed by atoms with Gasteiger partial charge in [0.25, 0.3) is 15.0 Å². The van der Waals surface area contributed by atoms with Crippen molar-refractivity contribution in [2.75, 3.05) is 0 Å². The van der Waals surface area contributed by atoms with Crippen molar-refractivity contribution in [3.63, 3.8) is 0 Å². The van der Waals surface area contributed by atoms with E-state index in [1.165, 1.54) is 6.07 Å². The molecule has 0 radical (unpaired) electrons. The number of nitrogens with one attached hydrogen (secondary N) is 1. The molecule has 0 unspecified atom stereocenters. The lowest BCUT2D eigenvalue weighted by Crippen LogP contribution is -2.43. The van der Waals surface area contributed by atoms with Crippen molar-refractivity contribution < 1.29 is 13.2 Å². The number of amides is 1. The summed E-state index contributed by atoms with van der Waals surface area (Å²) in [6.45, 7) is 7.76. The monoisotopic (exact) mass is 331 g/mol. The van der Waals surface area contributed by atoms with Crippen LogP contribution in [0.5, 0.6) is 0 Å². The fourth-order valence-corrected chi connectivity index (χ4v) is 3.51. The number of rotatable bonds is 6. The summed E-state index contributed by atoms with van der Waals surface area (Å²) in [7, 11) is 1.58. The molecule has 1 amide bonds. The summed E-state index contributed by atoms with van der Waals surface area (Å²) in [6, 6.07) is 4.61. The second-order valence-electron chi connectivity index (χ2n) is 5.70.